The number of benzene rings is 2. The van der Waals surface area contributed by atoms with Gasteiger partial charge in [0.15, 0.2) is 5.82 Å². The van der Waals surface area contributed by atoms with E-state index in [0.29, 0.717) is 11.1 Å². The van der Waals surface area contributed by atoms with Gasteiger partial charge in [0, 0.05) is 30.1 Å². The van der Waals surface area contributed by atoms with Gasteiger partial charge >= 0.3 is 12.1 Å². The van der Waals surface area contributed by atoms with Crippen molar-refractivity contribution in [3.05, 3.63) is 77.5 Å². The maximum atomic E-state index is 13.1. The van der Waals surface area contributed by atoms with Crippen molar-refractivity contribution < 1.29 is 27.5 Å². The van der Waals surface area contributed by atoms with Crippen molar-refractivity contribution in [2.75, 3.05) is 17.2 Å². The fraction of sp³-hybridized carbons (Fsp3) is 0.227. The first-order chi connectivity index (χ1) is 15.3. The van der Waals surface area contributed by atoms with Crippen molar-refractivity contribution >= 4 is 23.4 Å². The molecule has 3 aromatic rings. The molecule has 1 amide bonds. The summed E-state index contributed by atoms with van der Waals surface area (Å²) in [7, 11) is 0. The van der Waals surface area contributed by atoms with Gasteiger partial charge in [0.25, 0.3) is 5.91 Å². The van der Waals surface area contributed by atoms with Crippen LogP contribution in [0.1, 0.15) is 28.4 Å². The SMILES string of the molecule is CCOC(=O)Cn1ccc(NC(=O)c2ccc(CNc3ccccc3C(F)(F)F)cc2)n1. The molecule has 0 radical (unpaired) electrons. The summed E-state index contributed by atoms with van der Waals surface area (Å²) in [5.74, 6) is -0.572. The molecule has 1 aromatic heterocycles. The Bertz CT molecular complexity index is 1080. The molecule has 7 nitrogen and oxygen atoms in total. The van der Waals surface area contributed by atoms with Crippen LogP contribution in [-0.2, 0) is 28.8 Å². The van der Waals surface area contributed by atoms with E-state index >= 15 is 0 Å². The Balaban J connectivity index is 1.57. The summed E-state index contributed by atoms with van der Waals surface area (Å²) in [5, 5.41) is 9.49. The van der Waals surface area contributed by atoms with Crippen molar-refractivity contribution in [3.63, 3.8) is 0 Å². The minimum Gasteiger partial charge on any atom is -0.465 e. The number of carbonyl (C=O) groups is 2. The fourth-order valence-corrected chi connectivity index (χ4v) is 2.90. The van der Waals surface area contributed by atoms with Gasteiger partial charge in [-0.25, -0.2) is 0 Å². The van der Waals surface area contributed by atoms with Crippen LogP contribution in [0.4, 0.5) is 24.7 Å². The number of ether oxygens (including phenoxy) is 1. The van der Waals surface area contributed by atoms with Gasteiger partial charge in [-0.05, 0) is 36.8 Å². The zero-order chi connectivity index (χ0) is 23.1. The minimum absolute atomic E-state index is 0.0137. The zero-order valence-corrected chi connectivity index (χ0v) is 17.1. The van der Waals surface area contributed by atoms with Crippen LogP contribution in [0.3, 0.4) is 0 Å². The summed E-state index contributed by atoms with van der Waals surface area (Å²) in [5.41, 5.74) is 0.306. The number of hydrogen-bond donors (Lipinski definition) is 2. The molecule has 1 heterocycles. The summed E-state index contributed by atoms with van der Waals surface area (Å²) in [4.78, 5) is 23.9. The Hall–Kier alpha value is -3.82. The van der Waals surface area contributed by atoms with Crippen LogP contribution < -0.4 is 10.6 Å². The Morgan fingerprint density at radius 3 is 2.47 bits per heavy atom. The van der Waals surface area contributed by atoms with E-state index in [1.54, 1.807) is 43.5 Å². The van der Waals surface area contributed by atoms with Gasteiger partial charge in [-0.3, -0.25) is 14.3 Å². The molecule has 0 saturated heterocycles. The lowest BCUT2D eigenvalue weighted by molar-refractivity contribution is -0.144. The number of anilines is 2. The van der Waals surface area contributed by atoms with E-state index in [-0.39, 0.29) is 31.2 Å². The number of amides is 1. The van der Waals surface area contributed by atoms with Gasteiger partial charge in [-0.2, -0.15) is 18.3 Å². The first-order valence-corrected chi connectivity index (χ1v) is 9.75. The van der Waals surface area contributed by atoms with Crippen LogP contribution in [-0.4, -0.2) is 28.3 Å². The van der Waals surface area contributed by atoms with Crippen LogP contribution in [0.25, 0.3) is 0 Å². The zero-order valence-electron chi connectivity index (χ0n) is 17.1. The van der Waals surface area contributed by atoms with E-state index in [2.05, 4.69) is 15.7 Å². The molecule has 2 N–H and O–H groups in total. The predicted octanol–water partition coefficient (Wildman–Crippen LogP) is 4.33. The first-order valence-electron chi connectivity index (χ1n) is 9.75. The van der Waals surface area contributed by atoms with E-state index < -0.39 is 23.6 Å². The highest BCUT2D eigenvalue weighted by Crippen LogP contribution is 2.34. The molecule has 32 heavy (non-hydrogen) atoms. The average molecular weight is 446 g/mol. The van der Waals surface area contributed by atoms with Crippen molar-refractivity contribution in [1.29, 1.82) is 0 Å². The van der Waals surface area contributed by atoms with Crippen LogP contribution in [0.15, 0.2) is 60.8 Å². The summed E-state index contributed by atoms with van der Waals surface area (Å²) in [6.07, 6.45) is -2.91. The van der Waals surface area contributed by atoms with E-state index in [1.165, 1.54) is 22.9 Å². The average Bonchev–Trinajstić information content (AvgIpc) is 3.18. The molecular weight excluding hydrogens is 425 g/mol. The first kappa shape index (κ1) is 22.9. The highest BCUT2D eigenvalue weighted by Gasteiger charge is 2.33. The Labute approximate surface area is 182 Å². The monoisotopic (exact) mass is 446 g/mol. The maximum Gasteiger partial charge on any atom is 0.418 e. The molecule has 0 atom stereocenters. The van der Waals surface area contributed by atoms with Crippen LogP contribution in [0.5, 0.6) is 0 Å². The molecular formula is C22H21F3N4O3. The van der Waals surface area contributed by atoms with Gasteiger partial charge in [-0.1, -0.05) is 24.3 Å². The summed E-state index contributed by atoms with van der Waals surface area (Å²) >= 11 is 0. The maximum absolute atomic E-state index is 13.1. The smallest absolute Gasteiger partial charge is 0.418 e. The molecule has 2 aromatic carbocycles. The quantitative estimate of drug-likeness (QED) is 0.503. The number of alkyl halides is 3. The molecule has 0 aliphatic rings. The van der Waals surface area contributed by atoms with Gasteiger partial charge in [0.05, 0.1) is 12.2 Å². The molecule has 0 unspecified atom stereocenters. The Morgan fingerprint density at radius 1 is 1.06 bits per heavy atom. The van der Waals surface area contributed by atoms with E-state index in [9.17, 15) is 22.8 Å². The normalized spacial score (nSPS) is 11.1. The third-order valence-electron chi connectivity index (χ3n) is 4.41. The van der Waals surface area contributed by atoms with Crippen molar-refractivity contribution in [2.45, 2.75) is 26.2 Å². The second kappa shape index (κ2) is 9.99. The van der Waals surface area contributed by atoms with Gasteiger partial charge in [-0.15, -0.1) is 0 Å². The Morgan fingerprint density at radius 2 is 1.78 bits per heavy atom. The van der Waals surface area contributed by atoms with Crippen LogP contribution >= 0.6 is 0 Å². The highest BCUT2D eigenvalue weighted by molar-refractivity contribution is 6.03. The molecule has 0 aliphatic heterocycles. The highest BCUT2D eigenvalue weighted by atomic mass is 19.4. The fourth-order valence-electron chi connectivity index (χ4n) is 2.90. The lowest BCUT2D eigenvalue weighted by Crippen LogP contribution is -2.15. The third kappa shape index (κ3) is 6.10. The molecule has 0 aliphatic carbocycles. The van der Waals surface area contributed by atoms with Gasteiger partial charge in [0.1, 0.15) is 6.54 Å². The van der Waals surface area contributed by atoms with E-state index in [4.69, 9.17) is 4.74 Å². The largest absolute Gasteiger partial charge is 0.465 e. The molecule has 10 heteroatoms. The van der Waals surface area contributed by atoms with Gasteiger partial charge in [0.2, 0.25) is 0 Å². The molecule has 3 rings (SSSR count). The van der Waals surface area contributed by atoms with Crippen molar-refractivity contribution in [3.8, 4) is 0 Å². The number of carbonyl (C=O) groups excluding carboxylic acids is 2. The second-order valence-corrected chi connectivity index (χ2v) is 6.75. The molecule has 0 bridgehead atoms. The van der Waals surface area contributed by atoms with Crippen LogP contribution in [0, 0.1) is 0 Å². The summed E-state index contributed by atoms with van der Waals surface area (Å²) in [6, 6.07) is 13.2. The number of rotatable bonds is 8. The lowest BCUT2D eigenvalue weighted by atomic mass is 10.1. The minimum atomic E-state index is -4.45. The number of nitrogens with one attached hydrogen (secondary N) is 2. The van der Waals surface area contributed by atoms with Crippen molar-refractivity contribution in [1.82, 2.24) is 9.78 Å². The number of esters is 1. The number of aromatic nitrogens is 2. The Kier molecular flexibility index (Phi) is 7.14. The number of nitrogens with zero attached hydrogens (tertiary/aromatic N) is 2. The summed E-state index contributed by atoms with van der Waals surface area (Å²) < 4.78 is 45.4. The summed E-state index contributed by atoms with van der Waals surface area (Å²) in [6.45, 7) is 2.07. The number of halogens is 3. The molecule has 0 saturated carbocycles. The standard InChI is InChI=1S/C22H21F3N4O3/c1-2-32-20(30)14-29-12-11-19(28-29)27-21(31)16-9-7-15(8-10-16)13-26-18-6-4-3-5-17(18)22(23,24)25/h3-12,26H,2,13-14H2,1H3,(H,27,28,31). The van der Waals surface area contributed by atoms with E-state index in [1.807, 2.05) is 0 Å². The molecule has 0 spiro atoms. The van der Waals surface area contributed by atoms with Crippen molar-refractivity contribution in [2.24, 2.45) is 0 Å². The molecule has 0 fully saturated rings. The van der Waals surface area contributed by atoms with E-state index in [0.717, 1.165) is 6.07 Å². The number of para-hydroxylation sites is 1. The molecule has 168 valence electrons. The van der Waals surface area contributed by atoms with Crippen LogP contribution in [0.2, 0.25) is 0 Å². The van der Waals surface area contributed by atoms with Gasteiger partial charge < -0.3 is 15.4 Å². The predicted molar refractivity (Wildman–Crippen MR) is 112 cm³/mol. The third-order valence-corrected chi connectivity index (χ3v) is 4.41. The second-order valence-electron chi connectivity index (χ2n) is 6.75. The lowest BCUT2D eigenvalue weighted by Gasteiger charge is -2.14. The number of hydrogen-bond acceptors (Lipinski definition) is 5. The topological polar surface area (TPSA) is 85.2 Å².